The lowest BCUT2D eigenvalue weighted by Gasteiger charge is -2.25. The first-order valence-electron chi connectivity index (χ1n) is 7.01. The Hall–Kier alpha value is -1.46. The molecule has 0 unspecified atom stereocenters. The third kappa shape index (κ3) is 4.28. The Bertz CT molecular complexity index is 445. The normalized spacial score (nSPS) is 16.9. The van der Waals surface area contributed by atoms with Crippen LogP contribution in [0.25, 0.3) is 0 Å². The van der Waals surface area contributed by atoms with E-state index in [-0.39, 0.29) is 11.3 Å². The lowest BCUT2D eigenvalue weighted by atomic mass is 9.88. The molecule has 1 aromatic heterocycles. The van der Waals surface area contributed by atoms with Gasteiger partial charge < -0.3 is 10.1 Å². The fourth-order valence-corrected chi connectivity index (χ4v) is 2.06. The fourth-order valence-electron chi connectivity index (χ4n) is 2.06. The number of hydrogen-bond acceptors (Lipinski definition) is 4. The van der Waals surface area contributed by atoms with Crippen molar-refractivity contribution in [1.82, 2.24) is 9.88 Å². The van der Waals surface area contributed by atoms with Gasteiger partial charge in [-0.05, 0) is 17.0 Å². The molecule has 0 radical (unpaired) electrons. The van der Waals surface area contributed by atoms with E-state index < -0.39 is 0 Å². The molecule has 0 aliphatic carbocycles. The lowest BCUT2D eigenvalue weighted by molar-refractivity contribution is -0.118. The van der Waals surface area contributed by atoms with Gasteiger partial charge in [-0.25, -0.2) is 4.98 Å². The number of hydrogen-bond donors (Lipinski definition) is 1. The zero-order valence-corrected chi connectivity index (χ0v) is 12.5. The molecule has 2 heterocycles. The molecule has 0 aromatic carbocycles. The van der Waals surface area contributed by atoms with Gasteiger partial charge in [0.2, 0.25) is 5.91 Å². The summed E-state index contributed by atoms with van der Waals surface area (Å²) >= 11 is 0. The molecule has 110 valence electrons. The fraction of sp³-hybridized carbons (Fsp3) is 0.600. The van der Waals surface area contributed by atoms with Crippen LogP contribution in [-0.4, -0.2) is 48.6 Å². The zero-order valence-electron chi connectivity index (χ0n) is 12.5. The average Bonchev–Trinajstić information content (AvgIpc) is 2.39. The second-order valence-electron chi connectivity index (χ2n) is 6.12. The Labute approximate surface area is 120 Å². The van der Waals surface area contributed by atoms with Crippen molar-refractivity contribution in [1.29, 1.82) is 0 Å². The van der Waals surface area contributed by atoms with Crippen LogP contribution in [0.4, 0.5) is 5.82 Å². The van der Waals surface area contributed by atoms with E-state index in [4.69, 9.17) is 4.74 Å². The first-order valence-corrected chi connectivity index (χ1v) is 7.01. The van der Waals surface area contributed by atoms with E-state index in [1.54, 1.807) is 0 Å². The van der Waals surface area contributed by atoms with Gasteiger partial charge in [-0.15, -0.1) is 0 Å². The summed E-state index contributed by atoms with van der Waals surface area (Å²) in [5.74, 6) is 0.583. The van der Waals surface area contributed by atoms with Crippen LogP contribution in [0.1, 0.15) is 26.3 Å². The first-order chi connectivity index (χ1) is 9.45. The molecule has 0 atom stereocenters. The van der Waals surface area contributed by atoms with Crippen LogP contribution in [0.2, 0.25) is 0 Å². The van der Waals surface area contributed by atoms with E-state index in [0.717, 1.165) is 18.7 Å². The largest absolute Gasteiger partial charge is 0.379 e. The number of carbonyl (C=O) groups excluding carboxylic acids is 1. The summed E-state index contributed by atoms with van der Waals surface area (Å²) in [7, 11) is 0. The summed E-state index contributed by atoms with van der Waals surface area (Å²) in [5.41, 5.74) is 1.23. The van der Waals surface area contributed by atoms with Crippen LogP contribution in [0.5, 0.6) is 0 Å². The van der Waals surface area contributed by atoms with Gasteiger partial charge in [-0.1, -0.05) is 26.8 Å². The first kappa shape index (κ1) is 14.9. The quantitative estimate of drug-likeness (QED) is 0.913. The van der Waals surface area contributed by atoms with Crippen molar-refractivity contribution in [3.8, 4) is 0 Å². The molecule has 5 heteroatoms. The molecule has 0 saturated carbocycles. The van der Waals surface area contributed by atoms with Crippen LogP contribution in [-0.2, 0) is 14.9 Å². The molecule has 1 N–H and O–H groups in total. The third-order valence-electron chi connectivity index (χ3n) is 3.37. The maximum atomic E-state index is 11.9. The summed E-state index contributed by atoms with van der Waals surface area (Å²) < 4.78 is 5.26. The second-order valence-corrected chi connectivity index (χ2v) is 6.12. The maximum absolute atomic E-state index is 11.9. The molecule has 1 aliphatic rings. The van der Waals surface area contributed by atoms with Crippen molar-refractivity contribution in [2.24, 2.45) is 0 Å². The number of morpholine rings is 1. The number of pyridine rings is 1. The van der Waals surface area contributed by atoms with Gasteiger partial charge in [0.1, 0.15) is 5.82 Å². The minimum Gasteiger partial charge on any atom is -0.379 e. The van der Waals surface area contributed by atoms with Gasteiger partial charge in [0.05, 0.1) is 19.8 Å². The molecular formula is C15H23N3O2. The Balaban J connectivity index is 1.87. The lowest BCUT2D eigenvalue weighted by Crippen LogP contribution is -2.41. The van der Waals surface area contributed by atoms with E-state index in [1.165, 1.54) is 0 Å². The smallest absolute Gasteiger partial charge is 0.239 e. The molecular weight excluding hydrogens is 254 g/mol. The number of ether oxygens (including phenoxy) is 1. The Morgan fingerprint density at radius 2 is 2.05 bits per heavy atom. The van der Waals surface area contributed by atoms with Crippen LogP contribution >= 0.6 is 0 Å². The van der Waals surface area contributed by atoms with Crippen molar-refractivity contribution in [2.45, 2.75) is 26.2 Å². The topological polar surface area (TPSA) is 54.5 Å². The molecule has 0 spiro atoms. The highest BCUT2D eigenvalue weighted by Crippen LogP contribution is 2.21. The highest BCUT2D eigenvalue weighted by molar-refractivity contribution is 5.91. The van der Waals surface area contributed by atoms with E-state index >= 15 is 0 Å². The van der Waals surface area contributed by atoms with Crippen molar-refractivity contribution in [3.63, 3.8) is 0 Å². The van der Waals surface area contributed by atoms with Gasteiger partial charge >= 0.3 is 0 Å². The van der Waals surface area contributed by atoms with Gasteiger partial charge in [0, 0.05) is 19.3 Å². The van der Waals surface area contributed by atoms with Gasteiger partial charge in [0.25, 0.3) is 0 Å². The molecule has 5 nitrogen and oxygen atoms in total. The number of aromatic nitrogens is 1. The standard InChI is InChI=1S/C15H23N3O2/c1-15(2,3)12-4-5-13(16-10-12)17-14(19)11-18-6-8-20-9-7-18/h4-5,10H,6-9,11H2,1-3H3,(H,16,17,19). The summed E-state index contributed by atoms with van der Waals surface area (Å²) in [6.45, 7) is 9.83. The minimum atomic E-state index is -0.0251. The second kappa shape index (κ2) is 6.33. The summed E-state index contributed by atoms with van der Waals surface area (Å²) in [4.78, 5) is 18.3. The predicted octanol–water partition coefficient (Wildman–Crippen LogP) is 1.65. The van der Waals surface area contributed by atoms with E-state index in [0.29, 0.717) is 25.6 Å². The Morgan fingerprint density at radius 3 is 2.60 bits per heavy atom. The van der Waals surface area contributed by atoms with E-state index in [9.17, 15) is 4.79 Å². The molecule has 0 bridgehead atoms. The number of carbonyl (C=O) groups is 1. The monoisotopic (exact) mass is 277 g/mol. The molecule has 1 fully saturated rings. The number of nitrogens with one attached hydrogen (secondary N) is 1. The summed E-state index contributed by atoms with van der Waals surface area (Å²) in [6, 6.07) is 3.87. The summed E-state index contributed by atoms with van der Waals surface area (Å²) in [5, 5.41) is 2.84. The molecule has 1 aliphatic heterocycles. The number of amides is 1. The van der Waals surface area contributed by atoms with Crippen molar-refractivity contribution < 1.29 is 9.53 Å². The number of anilines is 1. The van der Waals surface area contributed by atoms with Crippen LogP contribution < -0.4 is 5.32 Å². The van der Waals surface area contributed by atoms with Crippen LogP contribution in [0, 0.1) is 0 Å². The molecule has 1 saturated heterocycles. The number of nitrogens with zero attached hydrogens (tertiary/aromatic N) is 2. The molecule has 20 heavy (non-hydrogen) atoms. The average molecular weight is 277 g/mol. The minimum absolute atomic E-state index is 0.0251. The Morgan fingerprint density at radius 1 is 1.35 bits per heavy atom. The molecule has 1 aromatic rings. The van der Waals surface area contributed by atoms with Crippen LogP contribution in [0.15, 0.2) is 18.3 Å². The molecule has 2 rings (SSSR count). The van der Waals surface area contributed by atoms with Gasteiger partial charge in [-0.3, -0.25) is 9.69 Å². The van der Waals surface area contributed by atoms with Crippen molar-refractivity contribution >= 4 is 11.7 Å². The van der Waals surface area contributed by atoms with Crippen molar-refractivity contribution in [2.75, 3.05) is 38.2 Å². The highest BCUT2D eigenvalue weighted by atomic mass is 16.5. The SMILES string of the molecule is CC(C)(C)c1ccc(NC(=O)CN2CCOCC2)nc1. The van der Waals surface area contributed by atoms with Crippen LogP contribution in [0.3, 0.4) is 0 Å². The predicted molar refractivity (Wildman–Crippen MR) is 78.8 cm³/mol. The van der Waals surface area contributed by atoms with Gasteiger partial charge in [-0.2, -0.15) is 0 Å². The van der Waals surface area contributed by atoms with E-state index in [1.807, 2.05) is 18.3 Å². The highest BCUT2D eigenvalue weighted by Gasteiger charge is 2.16. The van der Waals surface area contributed by atoms with Crippen molar-refractivity contribution in [3.05, 3.63) is 23.9 Å². The Kier molecular flexibility index (Phi) is 4.73. The molecule has 1 amide bonds. The third-order valence-corrected chi connectivity index (χ3v) is 3.37. The number of rotatable bonds is 3. The zero-order chi connectivity index (χ0) is 14.6. The van der Waals surface area contributed by atoms with E-state index in [2.05, 4.69) is 36.0 Å². The van der Waals surface area contributed by atoms with Gasteiger partial charge in [0.15, 0.2) is 0 Å². The summed E-state index contributed by atoms with van der Waals surface area (Å²) in [6.07, 6.45) is 1.82. The maximum Gasteiger partial charge on any atom is 0.239 e.